The standard InChI is InChI=1S/C29H28N4O2S/c1-19-12-14-21(15-13-19)27(34)32-24-11-6-8-22(18-24)26-25(28(35)31-23-9-4-3-5-10-23)20(2)30-29-33(26)16-7-17-36-29/h3-6,8-15,18,26H,7,16-17H2,1-2H3,(H,31,35)(H,32,34)/t26-/m0/s1. The predicted octanol–water partition coefficient (Wildman–Crippen LogP) is 6.01. The van der Waals surface area contributed by atoms with Gasteiger partial charge in [-0.2, -0.15) is 0 Å². The Labute approximate surface area is 215 Å². The number of thioether (sulfide) groups is 1. The third-order valence-electron chi connectivity index (χ3n) is 6.31. The molecule has 3 aromatic carbocycles. The quantitative estimate of drug-likeness (QED) is 0.454. The van der Waals surface area contributed by atoms with Crippen molar-refractivity contribution in [2.45, 2.75) is 26.3 Å². The van der Waals surface area contributed by atoms with Crippen molar-refractivity contribution in [1.29, 1.82) is 0 Å². The summed E-state index contributed by atoms with van der Waals surface area (Å²) in [5.41, 5.74) is 5.39. The maximum atomic E-state index is 13.6. The number of hydrogen-bond donors (Lipinski definition) is 2. The van der Waals surface area contributed by atoms with Crippen molar-refractivity contribution in [3.8, 4) is 0 Å². The highest BCUT2D eigenvalue weighted by Crippen LogP contribution is 2.40. The number of nitrogens with zero attached hydrogens (tertiary/aromatic N) is 2. The molecule has 3 aromatic rings. The molecule has 0 spiro atoms. The lowest BCUT2D eigenvalue weighted by Gasteiger charge is -2.41. The largest absolute Gasteiger partial charge is 0.340 e. The van der Waals surface area contributed by atoms with E-state index >= 15 is 0 Å². The number of amides is 2. The van der Waals surface area contributed by atoms with E-state index in [1.807, 2.05) is 92.7 Å². The van der Waals surface area contributed by atoms with Crippen LogP contribution >= 0.6 is 11.8 Å². The number of anilines is 2. The van der Waals surface area contributed by atoms with Gasteiger partial charge in [0.2, 0.25) is 0 Å². The maximum absolute atomic E-state index is 13.6. The molecule has 36 heavy (non-hydrogen) atoms. The Bertz CT molecular complexity index is 1350. The highest BCUT2D eigenvalue weighted by molar-refractivity contribution is 8.13. The van der Waals surface area contributed by atoms with Crippen LogP contribution in [0.2, 0.25) is 0 Å². The van der Waals surface area contributed by atoms with Gasteiger partial charge in [-0.3, -0.25) is 9.59 Å². The highest BCUT2D eigenvalue weighted by Gasteiger charge is 2.37. The SMILES string of the molecule is CC1=C(C(=O)Nc2ccccc2)[C@H](c2cccc(NC(=O)c3ccc(C)cc3)c2)N2CCCSC2=N1. The van der Waals surface area contributed by atoms with E-state index in [4.69, 9.17) is 4.99 Å². The molecule has 2 aliphatic heterocycles. The van der Waals surface area contributed by atoms with E-state index in [0.29, 0.717) is 22.5 Å². The van der Waals surface area contributed by atoms with Gasteiger partial charge in [0.25, 0.3) is 11.8 Å². The van der Waals surface area contributed by atoms with Gasteiger partial charge in [0.1, 0.15) is 0 Å². The number of aliphatic imine (C=N–C) groups is 1. The summed E-state index contributed by atoms with van der Waals surface area (Å²) in [4.78, 5) is 33.4. The average molecular weight is 497 g/mol. The minimum Gasteiger partial charge on any atom is -0.340 e. The van der Waals surface area contributed by atoms with Crippen molar-refractivity contribution in [2.75, 3.05) is 22.9 Å². The Morgan fingerprint density at radius 3 is 2.39 bits per heavy atom. The van der Waals surface area contributed by atoms with Crippen molar-refractivity contribution in [3.63, 3.8) is 0 Å². The first-order valence-corrected chi connectivity index (χ1v) is 13.0. The number of nitrogens with one attached hydrogen (secondary N) is 2. The van der Waals surface area contributed by atoms with Crippen LogP contribution in [0.4, 0.5) is 11.4 Å². The van der Waals surface area contributed by atoms with Gasteiger partial charge in [0.05, 0.1) is 17.3 Å². The summed E-state index contributed by atoms with van der Waals surface area (Å²) < 4.78 is 0. The predicted molar refractivity (Wildman–Crippen MR) is 147 cm³/mol. The van der Waals surface area contributed by atoms with Gasteiger partial charge < -0.3 is 15.5 Å². The summed E-state index contributed by atoms with van der Waals surface area (Å²) in [7, 11) is 0. The molecular weight excluding hydrogens is 468 g/mol. The zero-order chi connectivity index (χ0) is 25.1. The lowest BCUT2D eigenvalue weighted by atomic mass is 9.93. The molecule has 0 bridgehead atoms. The number of fused-ring (bicyclic) bond motifs is 1. The molecule has 0 aromatic heterocycles. The smallest absolute Gasteiger partial charge is 0.255 e. The number of carbonyl (C=O) groups is 2. The van der Waals surface area contributed by atoms with Gasteiger partial charge in [-0.25, -0.2) is 4.99 Å². The summed E-state index contributed by atoms with van der Waals surface area (Å²) in [6.07, 6.45) is 1.01. The molecule has 2 N–H and O–H groups in total. The van der Waals surface area contributed by atoms with Crippen LogP contribution < -0.4 is 10.6 Å². The molecule has 7 heteroatoms. The van der Waals surface area contributed by atoms with Gasteiger partial charge in [-0.15, -0.1) is 0 Å². The first kappa shape index (κ1) is 23.9. The number of para-hydroxylation sites is 1. The van der Waals surface area contributed by atoms with E-state index in [-0.39, 0.29) is 17.9 Å². The van der Waals surface area contributed by atoms with Crippen molar-refractivity contribution < 1.29 is 9.59 Å². The molecule has 0 saturated carbocycles. The second-order valence-corrected chi connectivity index (χ2v) is 10.0. The third kappa shape index (κ3) is 5.06. The molecule has 2 aliphatic rings. The Hall–Kier alpha value is -3.84. The number of aryl methyl sites for hydroxylation is 1. The fourth-order valence-electron chi connectivity index (χ4n) is 4.52. The number of hydrogen-bond acceptors (Lipinski definition) is 5. The van der Waals surface area contributed by atoms with Gasteiger partial charge in [0.15, 0.2) is 5.17 Å². The van der Waals surface area contributed by atoms with Crippen LogP contribution in [0.1, 0.15) is 40.9 Å². The fourth-order valence-corrected chi connectivity index (χ4v) is 5.54. The lowest BCUT2D eigenvalue weighted by molar-refractivity contribution is -0.113. The third-order valence-corrected chi connectivity index (χ3v) is 7.39. The van der Waals surface area contributed by atoms with E-state index in [0.717, 1.165) is 40.7 Å². The summed E-state index contributed by atoms with van der Waals surface area (Å²) in [6.45, 7) is 4.70. The summed E-state index contributed by atoms with van der Waals surface area (Å²) in [6, 6.07) is 24.4. The van der Waals surface area contributed by atoms with Crippen molar-refractivity contribution in [1.82, 2.24) is 4.90 Å². The van der Waals surface area contributed by atoms with Crippen molar-refractivity contribution >= 4 is 40.1 Å². The van der Waals surface area contributed by atoms with Crippen LogP contribution in [0.3, 0.4) is 0 Å². The lowest BCUT2D eigenvalue weighted by Crippen LogP contribution is -2.43. The molecule has 6 nitrogen and oxygen atoms in total. The van der Waals surface area contributed by atoms with Crippen molar-refractivity contribution in [3.05, 3.63) is 107 Å². The molecule has 5 rings (SSSR count). The molecule has 182 valence electrons. The molecule has 0 radical (unpaired) electrons. The fraction of sp³-hybridized carbons (Fsp3) is 0.207. The van der Waals surface area contributed by atoms with E-state index in [1.165, 1.54) is 0 Å². The van der Waals surface area contributed by atoms with Gasteiger partial charge in [-0.05, 0) is 62.2 Å². The van der Waals surface area contributed by atoms with Crippen LogP contribution in [0, 0.1) is 6.92 Å². The van der Waals surface area contributed by atoms with E-state index in [9.17, 15) is 9.59 Å². The summed E-state index contributed by atoms with van der Waals surface area (Å²) in [5, 5.41) is 6.99. The Morgan fingerprint density at radius 1 is 0.889 bits per heavy atom. The number of rotatable bonds is 5. The minimum absolute atomic E-state index is 0.166. The Balaban J connectivity index is 1.48. The first-order valence-electron chi connectivity index (χ1n) is 12.0. The van der Waals surface area contributed by atoms with Crippen LogP contribution in [0.15, 0.2) is 95.1 Å². The molecule has 1 fully saturated rings. The van der Waals surface area contributed by atoms with E-state index in [1.54, 1.807) is 11.8 Å². The monoisotopic (exact) mass is 496 g/mol. The molecular formula is C29H28N4O2S. The second-order valence-electron chi connectivity index (χ2n) is 8.96. The average Bonchev–Trinajstić information content (AvgIpc) is 2.89. The van der Waals surface area contributed by atoms with Crippen LogP contribution in [0.5, 0.6) is 0 Å². The van der Waals surface area contributed by atoms with E-state index in [2.05, 4.69) is 15.5 Å². The topological polar surface area (TPSA) is 73.8 Å². The second kappa shape index (κ2) is 10.4. The number of allylic oxidation sites excluding steroid dienone is 1. The molecule has 0 unspecified atom stereocenters. The van der Waals surface area contributed by atoms with Gasteiger partial charge in [-0.1, -0.05) is 59.8 Å². The first-order chi connectivity index (χ1) is 17.5. The van der Waals surface area contributed by atoms with Gasteiger partial charge in [0, 0.05) is 29.2 Å². The minimum atomic E-state index is -0.301. The number of amidine groups is 1. The molecule has 2 amide bonds. The maximum Gasteiger partial charge on any atom is 0.255 e. The zero-order valence-corrected chi connectivity index (χ0v) is 21.1. The van der Waals surface area contributed by atoms with Crippen LogP contribution in [-0.2, 0) is 4.79 Å². The summed E-state index contributed by atoms with van der Waals surface area (Å²) in [5.74, 6) is 0.671. The van der Waals surface area contributed by atoms with Crippen LogP contribution in [0.25, 0.3) is 0 Å². The van der Waals surface area contributed by atoms with Crippen molar-refractivity contribution in [2.24, 2.45) is 4.99 Å². The summed E-state index contributed by atoms with van der Waals surface area (Å²) >= 11 is 1.72. The van der Waals surface area contributed by atoms with Crippen LogP contribution in [-0.4, -0.2) is 34.2 Å². The molecule has 1 saturated heterocycles. The number of carbonyl (C=O) groups excluding carboxylic acids is 2. The Kier molecular flexibility index (Phi) is 6.91. The molecule has 1 atom stereocenters. The normalized spacial score (nSPS) is 17.2. The van der Waals surface area contributed by atoms with E-state index < -0.39 is 0 Å². The zero-order valence-electron chi connectivity index (χ0n) is 20.3. The highest BCUT2D eigenvalue weighted by atomic mass is 32.2. The Morgan fingerprint density at radius 2 is 1.61 bits per heavy atom. The molecule has 2 heterocycles. The van der Waals surface area contributed by atoms with Gasteiger partial charge >= 0.3 is 0 Å². The molecule has 0 aliphatic carbocycles. The number of benzene rings is 3.